The lowest BCUT2D eigenvalue weighted by Crippen LogP contribution is -2.00. The topological polar surface area (TPSA) is 54.0 Å². The number of esters is 1. The third-order valence-corrected chi connectivity index (χ3v) is 5.23. The van der Waals surface area contributed by atoms with Crippen LogP contribution in [0, 0.1) is 0 Å². The molecule has 5 heteroatoms. The summed E-state index contributed by atoms with van der Waals surface area (Å²) in [4.78, 5) is 12.5. The molecule has 0 atom stereocenters. The molecule has 0 fully saturated rings. The van der Waals surface area contributed by atoms with Crippen molar-refractivity contribution in [2.45, 2.75) is 20.0 Å². The van der Waals surface area contributed by atoms with Crippen LogP contribution < -0.4 is 14.2 Å². The summed E-state index contributed by atoms with van der Waals surface area (Å²) in [5.41, 5.74) is 4.40. The first-order valence-electron chi connectivity index (χ1n) is 8.93. The van der Waals surface area contributed by atoms with Crippen LogP contribution in [0.5, 0.6) is 17.2 Å². The van der Waals surface area contributed by atoms with Crippen LogP contribution >= 0.6 is 0 Å². The lowest BCUT2D eigenvalue weighted by molar-refractivity contribution is 0.0535. The number of aryl methyl sites for hydroxylation is 1. The SMILES string of the molecule is CCc1cc2cc3c(c(-c4ccc5c(c4)OCO5)c2cc1OC)C(=O)OC3. The minimum Gasteiger partial charge on any atom is -0.496 e. The Bertz CT molecular complexity index is 1100. The number of carbonyl (C=O) groups excluding carboxylic acids is 1. The van der Waals surface area contributed by atoms with E-state index in [9.17, 15) is 4.79 Å². The summed E-state index contributed by atoms with van der Waals surface area (Å²) in [6.07, 6.45) is 0.866. The lowest BCUT2D eigenvalue weighted by Gasteiger charge is -2.15. The van der Waals surface area contributed by atoms with E-state index in [1.54, 1.807) is 7.11 Å². The van der Waals surface area contributed by atoms with Gasteiger partial charge in [-0.05, 0) is 58.7 Å². The van der Waals surface area contributed by atoms with E-state index in [1.807, 2.05) is 30.3 Å². The number of hydrogen-bond donors (Lipinski definition) is 0. The van der Waals surface area contributed by atoms with Crippen LogP contribution in [-0.4, -0.2) is 19.9 Å². The van der Waals surface area contributed by atoms with Crippen LogP contribution in [0.1, 0.15) is 28.4 Å². The molecule has 0 N–H and O–H groups in total. The maximum absolute atomic E-state index is 12.5. The van der Waals surface area contributed by atoms with Crippen molar-refractivity contribution in [2.24, 2.45) is 0 Å². The van der Waals surface area contributed by atoms with Crippen molar-refractivity contribution in [3.8, 4) is 28.4 Å². The van der Waals surface area contributed by atoms with Gasteiger partial charge in [0.25, 0.3) is 0 Å². The molecule has 0 bridgehead atoms. The minimum atomic E-state index is -0.293. The third-order valence-electron chi connectivity index (χ3n) is 5.23. The summed E-state index contributed by atoms with van der Waals surface area (Å²) in [7, 11) is 1.67. The van der Waals surface area contributed by atoms with Gasteiger partial charge in [-0.3, -0.25) is 0 Å². The molecule has 2 heterocycles. The molecule has 0 aromatic heterocycles. The van der Waals surface area contributed by atoms with Gasteiger partial charge in [0.2, 0.25) is 6.79 Å². The first-order chi connectivity index (χ1) is 13.2. The highest BCUT2D eigenvalue weighted by Crippen LogP contribution is 2.43. The average Bonchev–Trinajstić information content (AvgIpc) is 3.31. The second-order valence-corrected chi connectivity index (χ2v) is 6.67. The summed E-state index contributed by atoms with van der Waals surface area (Å²) in [5, 5.41) is 2.03. The number of rotatable bonds is 3. The predicted octanol–water partition coefficient (Wildman–Crippen LogP) is 4.48. The molecule has 5 nitrogen and oxygen atoms in total. The Morgan fingerprint density at radius 3 is 2.67 bits per heavy atom. The van der Waals surface area contributed by atoms with Crippen LogP contribution in [0.25, 0.3) is 21.9 Å². The van der Waals surface area contributed by atoms with Gasteiger partial charge >= 0.3 is 5.97 Å². The van der Waals surface area contributed by atoms with Gasteiger partial charge in [-0.2, -0.15) is 0 Å². The van der Waals surface area contributed by atoms with E-state index in [0.717, 1.165) is 45.2 Å². The van der Waals surface area contributed by atoms with Gasteiger partial charge in [0.05, 0.1) is 12.7 Å². The zero-order valence-corrected chi connectivity index (χ0v) is 15.1. The molecule has 5 rings (SSSR count). The van der Waals surface area contributed by atoms with E-state index in [1.165, 1.54) is 0 Å². The maximum atomic E-state index is 12.5. The number of methoxy groups -OCH3 is 1. The zero-order chi connectivity index (χ0) is 18.5. The fourth-order valence-electron chi connectivity index (χ4n) is 3.92. The number of cyclic esters (lactones) is 1. The largest absolute Gasteiger partial charge is 0.496 e. The van der Waals surface area contributed by atoms with Gasteiger partial charge in [0, 0.05) is 11.1 Å². The van der Waals surface area contributed by atoms with Crippen molar-refractivity contribution >= 4 is 16.7 Å². The van der Waals surface area contributed by atoms with Crippen LogP contribution in [0.15, 0.2) is 36.4 Å². The Hall–Kier alpha value is -3.21. The summed E-state index contributed by atoms with van der Waals surface area (Å²) in [5.74, 6) is 1.92. The monoisotopic (exact) mass is 362 g/mol. The average molecular weight is 362 g/mol. The minimum absolute atomic E-state index is 0.210. The quantitative estimate of drug-likeness (QED) is 0.643. The number of carbonyl (C=O) groups is 1. The van der Waals surface area contributed by atoms with Gasteiger partial charge < -0.3 is 18.9 Å². The van der Waals surface area contributed by atoms with Gasteiger partial charge in [-0.1, -0.05) is 13.0 Å². The van der Waals surface area contributed by atoms with Crippen molar-refractivity contribution in [3.05, 3.63) is 53.1 Å². The Kier molecular flexibility index (Phi) is 3.50. The predicted molar refractivity (Wildman–Crippen MR) is 101 cm³/mol. The third kappa shape index (κ3) is 2.35. The van der Waals surface area contributed by atoms with Crippen molar-refractivity contribution < 1.29 is 23.7 Å². The highest BCUT2D eigenvalue weighted by atomic mass is 16.7. The smallest absolute Gasteiger partial charge is 0.339 e. The van der Waals surface area contributed by atoms with Gasteiger partial charge in [-0.25, -0.2) is 4.79 Å². The highest BCUT2D eigenvalue weighted by Gasteiger charge is 2.29. The van der Waals surface area contributed by atoms with Crippen LogP contribution in [0.4, 0.5) is 0 Å². The van der Waals surface area contributed by atoms with Crippen molar-refractivity contribution in [2.75, 3.05) is 13.9 Å². The van der Waals surface area contributed by atoms with E-state index < -0.39 is 0 Å². The summed E-state index contributed by atoms with van der Waals surface area (Å²) in [6.45, 7) is 2.61. The van der Waals surface area contributed by atoms with Gasteiger partial charge in [0.1, 0.15) is 12.4 Å². The Labute approximate surface area is 156 Å². The molecule has 0 spiro atoms. The lowest BCUT2D eigenvalue weighted by atomic mass is 9.89. The molecule has 0 saturated carbocycles. The van der Waals surface area contributed by atoms with E-state index in [2.05, 4.69) is 13.0 Å². The summed E-state index contributed by atoms with van der Waals surface area (Å²) < 4.78 is 21.9. The van der Waals surface area contributed by atoms with Crippen molar-refractivity contribution in [3.63, 3.8) is 0 Å². The fourth-order valence-corrected chi connectivity index (χ4v) is 3.92. The molecular weight excluding hydrogens is 344 g/mol. The fraction of sp³-hybridized carbons (Fsp3) is 0.227. The van der Waals surface area contributed by atoms with Crippen LogP contribution in [0.2, 0.25) is 0 Å². The molecule has 2 aliphatic rings. The highest BCUT2D eigenvalue weighted by molar-refractivity contribution is 6.11. The number of hydrogen-bond acceptors (Lipinski definition) is 5. The zero-order valence-electron chi connectivity index (χ0n) is 15.1. The second-order valence-electron chi connectivity index (χ2n) is 6.67. The van der Waals surface area contributed by atoms with Crippen molar-refractivity contribution in [1.82, 2.24) is 0 Å². The molecule has 3 aromatic carbocycles. The number of ether oxygens (including phenoxy) is 4. The molecule has 0 aliphatic carbocycles. The Morgan fingerprint density at radius 1 is 1.00 bits per heavy atom. The molecule has 0 amide bonds. The molecule has 0 unspecified atom stereocenters. The van der Waals surface area contributed by atoms with Gasteiger partial charge in [0.15, 0.2) is 11.5 Å². The number of fused-ring (bicyclic) bond motifs is 3. The Balaban J connectivity index is 1.86. The first kappa shape index (κ1) is 16.0. The van der Waals surface area contributed by atoms with E-state index >= 15 is 0 Å². The van der Waals surface area contributed by atoms with Gasteiger partial charge in [-0.15, -0.1) is 0 Å². The molecule has 2 aliphatic heterocycles. The molecule has 0 saturated heterocycles. The second kappa shape index (κ2) is 5.91. The van der Waals surface area contributed by atoms with Crippen LogP contribution in [0.3, 0.4) is 0 Å². The normalized spacial score (nSPS) is 14.4. The first-order valence-corrected chi connectivity index (χ1v) is 8.93. The van der Waals surface area contributed by atoms with E-state index in [-0.39, 0.29) is 12.8 Å². The number of benzene rings is 3. The molecule has 0 radical (unpaired) electrons. The maximum Gasteiger partial charge on any atom is 0.339 e. The summed E-state index contributed by atoms with van der Waals surface area (Å²) in [6, 6.07) is 11.9. The van der Waals surface area contributed by atoms with Crippen molar-refractivity contribution in [1.29, 1.82) is 0 Å². The van der Waals surface area contributed by atoms with Crippen LogP contribution in [-0.2, 0) is 17.8 Å². The standard InChI is InChI=1S/C22H18O5/c1-3-12-6-14-7-15-10-25-22(23)21(15)20(16(14)9-18(12)24-2)13-4-5-17-19(8-13)27-11-26-17/h4-9H,3,10-11H2,1-2H3. The Morgan fingerprint density at radius 2 is 1.85 bits per heavy atom. The van der Waals surface area contributed by atoms with E-state index in [4.69, 9.17) is 18.9 Å². The molecule has 136 valence electrons. The molecule has 3 aromatic rings. The summed E-state index contributed by atoms with van der Waals surface area (Å²) >= 11 is 0. The van der Waals surface area contributed by atoms with E-state index in [0.29, 0.717) is 23.7 Å². The molecular formula is C22H18O5. The molecule has 27 heavy (non-hydrogen) atoms.